The molecular formula is C13H16N2O2. The normalized spacial score (nSPS) is 12.0. The number of H-pyrrole nitrogens is 1. The van der Waals surface area contributed by atoms with Crippen LogP contribution in [-0.4, -0.2) is 15.6 Å². The molecule has 0 spiro atoms. The van der Waals surface area contributed by atoms with E-state index in [1.807, 2.05) is 20.8 Å². The van der Waals surface area contributed by atoms with Crippen LogP contribution < -0.4 is 5.56 Å². The quantitative estimate of drug-likeness (QED) is 0.765. The Bertz CT molecular complexity index is 641. The van der Waals surface area contributed by atoms with Crippen molar-refractivity contribution in [1.82, 2.24) is 9.78 Å². The summed E-state index contributed by atoms with van der Waals surface area (Å²) >= 11 is 0. The molecule has 1 aromatic carbocycles. The molecule has 0 amide bonds. The Labute approximate surface area is 99.2 Å². The Morgan fingerprint density at radius 3 is 2.53 bits per heavy atom. The van der Waals surface area contributed by atoms with Crippen molar-refractivity contribution in [2.75, 3.05) is 0 Å². The van der Waals surface area contributed by atoms with Gasteiger partial charge in [-0.25, -0.2) is 0 Å². The second kappa shape index (κ2) is 3.58. The van der Waals surface area contributed by atoms with Gasteiger partial charge >= 0.3 is 0 Å². The highest BCUT2D eigenvalue weighted by Crippen LogP contribution is 2.22. The summed E-state index contributed by atoms with van der Waals surface area (Å²) in [5.74, 6) is 0.0441. The first-order valence-corrected chi connectivity index (χ1v) is 5.54. The van der Waals surface area contributed by atoms with Gasteiger partial charge in [-0.15, -0.1) is 0 Å². The van der Waals surface area contributed by atoms with Crippen molar-refractivity contribution < 1.29 is 4.79 Å². The van der Waals surface area contributed by atoms with Gasteiger partial charge in [-0.1, -0.05) is 20.8 Å². The van der Waals surface area contributed by atoms with Crippen molar-refractivity contribution in [3.8, 4) is 0 Å². The van der Waals surface area contributed by atoms with Crippen LogP contribution in [0, 0.1) is 5.41 Å². The molecule has 2 rings (SSSR count). The lowest BCUT2D eigenvalue weighted by Gasteiger charge is -2.16. The number of fused-ring (bicyclic) bond motifs is 1. The summed E-state index contributed by atoms with van der Waals surface area (Å²) in [5.41, 5.74) is 0.795. The second-order valence-electron chi connectivity index (χ2n) is 5.32. The van der Waals surface area contributed by atoms with E-state index in [-0.39, 0.29) is 11.3 Å². The van der Waals surface area contributed by atoms with E-state index in [1.165, 1.54) is 4.68 Å². The molecule has 1 aromatic heterocycles. The maximum Gasteiger partial charge on any atom is 0.274 e. The van der Waals surface area contributed by atoms with Gasteiger partial charge in [0, 0.05) is 18.0 Å². The van der Waals surface area contributed by atoms with Crippen LogP contribution in [0.1, 0.15) is 31.1 Å². The van der Waals surface area contributed by atoms with Crippen LogP contribution in [-0.2, 0) is 7.05 Å². The summed E-state index contributed by atoms with van der Waals surface area (Å²) in [6.45, 7) is 5.61. The lowest BCUT2D eigenvalue weighted by Crippen LogP contribution is -2.20. The zero-order valence-corrected chi connectivity index (χ0v) is 10.5. The van der Waals surface area contributed by atoms with Gasteiger partial charge in [-0.3, -0.25) is 19.4 Å². The summed E-state index contributed by atoms with van der Waals surface area (Å²) in [5, 5.41) is 3.48. The van der Waals surface area contributed by atoms with E-state index in [9.17, 15) is 9.59 Å². The van der Waals surface area contributed by atoms with Crippen molar-refractivity contribution in [1.29, 1.82) is 0 Å². The number of nitrogens with one attached hydrogen (secondary N) is 1. The molecule has 4 heteroatoms. The Balaban J connectivity index is 2.63. The molecule has 0 saturated carbocycles. The van der Waals surface area contributed by atoms with E-state index < -0.39 is 5.41 Å². The number of hydrogen-bond acceptors (Lipinski definition) is 2. The highest BCUT2D eigenvalue weighted by molar-refractivity contribution is 6.02. The lowest BCUT2D eigenvalue weighted by molar-refractivity contribution is 0.0858. The number of hydrogen-bond donors (Lipinski definition) is 1. The number of aromatic nitrogens is 2. The van der Waals surface area contributed by atoms with E-state index in [4.69, 9.17) is 0 Å². The van der Waals surface area contributed by atoms with E-state index in [1.54, 1.807) is 25.2 Å². The van der Waals surface area contributed by atoms with Crippen LogP contribution in [0.3, 0.4) is 0 Å². The van der Waals surface area contributed by atoms with E-state index in [0.717, 1.165) is 5.52 Å². The van der Waals surface area contributed by atoms with Gasteiger partial charge in [0.05, 0.1) is 10.9 Å². The van der Waals surface area contributed by atoms with Crippen LogP contribution in [0.2, 0.25) is 0 Å². The van der Waals surface area contributed by atoms with Crippen molar-refractivity contribution in [2.45, 2.75) is 20.8 Å². The Kier molecular flexibility index (Phi) is 2.45. The number of rotatable bonds is 1. The van der Waals surface area contributed by atoms with Gasteiger partial charge in [-0.2, -0.15) is 0 Å². The van der Waals surface area contributed by atoms with Crippen LogP contribution >= 0.6 is 0 Å². The fourth-order valence-electron chi connectivity index (χ4n) is 1.81. The van der Waals surface area contributed by atoms with E-state index in [2.05, 4.69) is 5.10 Å². The number of aromatic amines is 1. The summed E-state index contributed by atoms with van der Waals surface area (Å²) < 4.78 is 1.41. The average Bonchev–Trinajstić information content (AvgIpc) is 2.52. The van der Waals surface area contributed by atoms with Crippen molar-refractivity contribution >= 4 is 16.7 Å². The number of Topliss-reactive ketones (excluding diaryl/α,β-unsaturated/α-hetero) is 1. The Morgan fingerprint density at radius 1 is 1.29 bits per heavy atom. The molecule has 0 aliphatic heterocycles. The molecule has 0 radical (unpaired) electrons. The number of ketones is 1. The largest absolute Gasteiger partial charge is 0.295 e. The van der Waals surface area contributed by atoms with Gasteiger partial charge < -0.3 is 0 Å². The van der Waals surface area contributed by atoms with E-state index >= 15 is 0 Å². The van der Waals surface area contributed by atoms with Crippen LogP contribution in [0.15, 0.2) is 23.0 Å². The topological polar surface area (TPSA) is 54.9 Å². The molecule has 2 aromatic rings. The average molecular weight is 232 g/mol. The predicted octanol–water partition coefficient (Wildman–Crippen LogP) is 2.10. The monoisotopic (exact) mass is 232 g/mol. The van der Waals surface area contributed by atoms with Gasteiger partial charge in [0.1, 0.15) is 0 Å². The lowest BCUT2D eigenvalue weighted by atomic mass is 9.86. The number of benzene rings is 1. The highest BCUT2D eigenvalue weighted by atomic mass is 16.1. The van der Waals surface area contributed by atoms with Crippen molar-refractivity contribution in [3.05, 3.63) is 34.1 Å². The Morgan fingerprint density at radius 2 is 1.94 bits per heavy atom. The zero-order chi connectivity index (χ0) is 12.8. The Hall–Kier alpha value is -1.84. The molecule has 17 heavy (non-hydrogen) atoms. The molecule has 0 aliphatic carbocycles. The molecule has 0 bridgehead atoms. The number of carbonyl (C=O) groups is 1. The summed E-state index contributed by atoms with van der Waals surface area (Å²) in [7, 11) is 1.66. The maximum absolute atomic E-state index is 12.1. The van der Waals surface area contributed by atoms with E-state index in [0.29, 0.717) is 10.9 Å². The van der Waals surface area contributed by atoms with Crippen LogP contribution in [0.25, 0.3) is 10.9 Å². The van der Waals surface area contributed by atoms with Gasteiger partial charge in [0.15, 0.2) is 5.78 Å². The van der Waals surface area contributed by atoms with Crippen LogP contribution in [0.4, 0.5) is 0 Å². The fraction of sp³-hybridized carbons (Fsp3) is 0.385. The predicted molar refractivity (Wildman–Crippen MR) is 67.3 cm³/mol. The number of nitrogens with zero attached hydrogens (tertiary/aromatic N) is 1. The first-order valence-electron chi connectivity index (χ1n) is 5.54. The third kappa shape index (κ3) is 1.90. The first kappa shape index (κ1) is 11.6. The third-order valence-electron chi connectivity index (χ3n) is 2.79. The standard InChI is InChI=1S/C13H16N2O2/c1-13(2,3)11(16)8-5-6-10-9(7-8)12(17)15(4)14-10/h5-7,14H,1-4H3. The summed E-state index contributed by atoms with van der Waals surface area (Å²) in [4.78, 5) is 23.9. The van der Waals surface area contributed by atoms with Gasteiger partial charge in [0.2, 0.25) is 0 Å². The molecule has 1 N–H and O–H groups in total. The minimum atomic E-state index is -0.435. The molecule has 0 aliphatic rings. The van der Waals surface area contributed by atoms with Gasteiger partial charge in [-0.05, 0) is 18.2 Å². The molecular weight excluding hydrogens is 216 g/mol. The number of carbonyl (C=O) groups excluding carboxylic acids is 1. The first-order chi connectivity index (χ1) is 7.80. The molecule has 0 saturated heterocycles. The highest BCUT2D eigenvalue weighted by Gasteiger charge is 2.23. The van der Waals surface area contributed by atoms with Crippen molar-refractivity contribution in [2.24, 2.45) is 12.5 Å². The molecule has 0 fully saturated rings. The fourth-order valence-corrected chi connectivity index (χ4v) is 1.81. The minimum Gasteiger partial charge on any atom is -0.295 e. The number of aryl methyl sites for hydroxylation is 1. The zero-order valence-electron chi connectivity index (χ0n) is 10.5. The third-order valence-corrected chi connectivity index (χ3v) is 2.79. The van der Waals surface area contributed by atoms with Crippen molar-refractivity contribution in [3.63, 3.8) is 0 Å². The molecule has 0 atom stereocenters. The maximum atomic E-state index is 12.1. The minimum absolute atomic E-state index is 0.0441. The van der Waals surface area contributed by atoms with Gasteiger partial charge in [0.25, 0.3) is 5.56 Å². The smallest absolute Gasteiger partial charge is 0.274 e. The molecule has 0 unspecified atom stereocenters. The summed E-state index contributed by atoms with van der Waals surface area (Å²) in [6, 6.07) is 5.20. The summed E-state index contributed by atoms with van der Waals surface area (Å²) in [6.07, 6.45) is 0. The molecule has 1 heterocycles. The second-order valence-corrected chi connectivity index (χ2v) is 5.32. The molecule has 4 nitrogen and oxygen atoms in total. The van der Waals surface area contributed by atoms with Crippen LogP contribution in [0.5, 0.6) is 0 Å². The molecule has 90 valence electrons. The SMILES string of the molecule is Cn1[nH]c2ccc(C(=O)C(C)(C)C)cc2c1=O.